The summed E-state index contributed by atoms with van der Waals surface area (Å²) in [5.74, 6) is -0.740. The van der Waals surface area contributed by atoms with Crippen LogP contribution >= 0.6 is 11.8 Å². The molecule has 4 aromatic rings. The molecular formula is C31H30N2O5S. The molecule has 4 N–H and O–H groups in total. The Morgan fingerprint density at radius 3 is 2.21 bits per heavy atom. The first-order valence-electron chi connectivity index (χ1n) is 12.7. The summed E-state index contributed by atoms with van der Waals surface area (Å²) < 4.78 is 13.3. The molecule has 1 aliphatic heterocycles. The maximum absolute atomic E-state index is 11.8. The van der Waals surface area contributed by atoms with E-state index in [1.165, 1.54) is 11.8 Å². The highest BCUT2D eigenvalue weighted by molar-refractivity contribution is 7.99. The highest BCUT2D eigenvalue weighted by atomic mass is 32.2. The Morgan fingerprint density at radius 1 is 0.846 bits per heavy atom. The average molecular weight is 543 g/mol. The second-order valence-corrected chi connectivity index (χ2v) is 10.3. The highest BCUT2D eigenvalue weighted by Gasteiger charge is 2.42. The van der Waals surface area contributed by atoms with Gasteiger partial charge < -0.3 is 25.4 Å². The zero-order valence-electron chi connectivity index (χ0n) is 21.2. The Balaban J connectivity index is 1.54. The van der Waals surface area contributed by atoms with Gasteiger partial charge in [0.05, 0.1) is 24.4 Å². The number of hydrogen-bond donors (Lipinski definition) is 3. The summed E-state index contributed by atoms with van der Waals surface area (Å²) in [5.41, 5.74) is 10.7. The van der Waals surface area contributed by atoms with E-state index in [0.29, 0.717) is 17.3 Å². The van der Waals surface area contributed by atoms with E-state index < -0.39 is 12.3 Å². The molecule has 4 atom stereocenters. The molecule has 1 saturated heterocycles. The van der Waals surface area contributed by atoms with Gasteiger partial charge in [0, 0.05) is 30.0 Å². The number of carboxylic acid groups (broad SMARTS) is 1. The molecule has 0 amide bonds. The van der Waals surface area contributed by atoms with Crippen molar-refractivity contribution in [3.63, 3.8) is 0 Å². The lowest BCUT2D eigenvalue weighted by atomic mass is 9.84. The quantitative estimate of drug-likeness (QED) is 0.239. The summed E-state index contributed by atoms with van der Waals surface area (Å²) in [5, 5.41) is 19.7. The van der Waals surface area contributed by atoms with Crippen LogP contribution in [0.3, 0.4) is 0 Å². The molecule has 3 aromatic carbocycles. The van der Waals surface area contributed by atoms with Gasteiger partial charge in [-0.3, -0.25) is 0 Å². The van der Waals surface area contributed by atoms with Gasteiger partial charge in [0.1, 0.15) is 5.03 Å². The van der Waals surface area contributed by atoms with E-state index in [0.717, 1.165) is 27.8 Å². The largest absolute Gasteiger partial charge is 0.478 e. The molecule has 0 spiro atoms. The molecule has 4 unspecified atom stereocenters. The van der Waals surface area contributed by atoms with Crippen molar-refractivity contribution < 1.29 is 24.5 Å². The molecule has 0 bridgehead atoms. The number of aliphatic hydroxyl groups excluding tert-OH is 1. The number of nitrogens with two attached hydrogens (primary N) is 1. The molecule has 39 heavy (non-hydrogen) atoms. The Morgan fingerprint density at radius 2 is 1.54 bits per heavy atom. The number of hydrogen-bond acceptors (Lipinski definition) is 7. The van der Waals surface area contributed by atoms with Crippen molar-refractivity contribution in [2.45, 2.75) is 42.6 Å². The lowest BCUT2D eigenvalue weighted by Crippen LogP contribution is -2.38. The maximum Gasteiger partial charge on any atom is 0.338 e. The minimum Gasteiger partial charge on any atom is -0.478 e. The van der Waals surface area contributed by atoms with E-state index in [2.05, 4.69) is 17.1 Å². The summed E-state index contributed by atoms with van der Waals surface area (Å²) >= 11 is 1.36. The molecule has 1 aliphatic rings. The standard InChI is InChI=1S/C31H30N2O5S/c32-17-20-8-14-24(15-9-20)31-37-26(19-39-29-25(30(35)36)7-4-16-33-29)27(22-5-2-1-3-6-22)28(38-31)23-12-10-21(18-34)11-13-23/h1-16,26-28,31,34H,17-19,32H2,(H,35,36). The van der Waals surface area contributed by atoms with E-state index in [-0.39, 0.29) is 30.3 Å². The normalized spacial score (nSPS) is 21.0. The van der Waals surface area contributed by atoms with Crippen molar-refractivity contribution in [1.29, 1.82) is 0 Å². The molecule has 2 heterocycles. The fourth-order valence-corrected chi connectivity index (χ4v) is 5.85. The number of ether oxygens (including phenoxy) is 2. The van der Waals surface area contributed by atoms with E-state index in [1.54, 1.807) is 18.3 Å². The first-order valence-corrected chi connectivity index (χ1v) is 13.7. The molecule has 0 saturated carbocycles. The van der Waals surface area contributed by atoms with Crippen LogP contribution in [0.25, 0.3) is 0 Å². The molecular weight excluding hydrogens is 512 g/mol. The van der Waals surface area contributed by atoms with Gasteiger partial charge in [-0.05, 0) is 34.4 Å². The van der Waals surface area contributed by atoms with E-state index in [1.807, 2.05) is 66.7 Å². The number of carbonyl (C=O) groups is 1. The van der Waals surface area contributed by atoms with Crippen molar-refractivity contribution in [2.24, 2.45) is 5.73 Å². The van der Waals surface area contributed by atoms with Crippen LogP contribution in [0.1, 0.15) is 56.5 Å². The van der Waals surface area contributed by atoms with Gasteiger partial charge in [0.15, 0.2) is 6.29 Å². The van der Waals surface area contributed by atoms with Crippen molar-refractivity contribution in [3.8, 4) is 0 Å². The number of aromatic nitrogens is 1. The second kappa shape index (κ2) is 12.5. The van der Waals surface area contributed by atoms with Gasteiger partial charge in [-0.1, -0.05) is 78.9 Å². The van der Waals surface area contributed by atoms with Crippen molar-refractivity contribution in [2.75, 3.05) is 5.75 Å². The van der Waals surface area contributed by atoms with Crippen LogP contribution in [-0.2, 0) is 22.6 Å². The van der Waals surface area contributed by atoms with Gasteiger partial charge in [0.25, 0.3) is 0 Å². The number of aromatic carboxylic acids is 1. The third kappa shape index (κ3) is 6.21. The Labute approximate surface area is 231 Å². The minimum atomic E-state index is -1.02. The summed E-state index contributed by atoms with van der Waals surface area (Å²) in [6.45, 7) is 0.403. The third-order valence-electron chi connectivity index (χ3n) is 6.84. The van der Waals surface area contributed by atoms with Crippen LogP contribution in [0.4, 0.5) is 0 Å². The second-order valence-electron chi connectivity index (χ2n) is 9.32. The molecule has 5 rings (SSSR count). The Bertz CT molecular complexity index is 1380. The number of thioether (sulfide) groups is 1. The van der Waals surface area contributed by atoms with Crippen LogP contribution in [-0.4, -0.2) is 33.0 Å². The minimum absolute atomic E-state index is 0.0393. The predicted molar refractivity (Wildman–Crippen MR) is 149 cm³/mol. The van der Waals surface area contributed by atoms with Crippen LogP contribution < -0.4 is 5.73 Å². The van der Waals surface area contributed by atoms with Crippen LogP contribution in [0.5, 0.6) is 0 Å². The van der Waals surface area contributed by atoms with Crippen molar-refractivity contribution in [3.05, 3.63) is 131 Å². The number of aliphatic hydroxyl groups is 1. The molecule has 1 aromatic heterocycles. The van der Waals surface area contributed by atoms with E-state index >= 15 is 0 Å². The average Bonchev–Trinajstić information content (AvgIpc) is 3.00. The Kier molecular flexibility index (Phi) is 8.71. The van der Waals surface area contributed by atoms with Crippen LogP contribution in [0, 0.1) is 0 Å². The SMILES string of the molecule is NCc1ccc(C2OC(CSc3ncccc3C(=O)O)C(c3ccccc3)C(c3ccc(CO)cc3)O2)cc1. The monoisotopic (exact) mass is 542 g/mol. The summed E-state index contributed by atoms with van der Waals surface area (Å²) in [6, 6.07) is 28.9. The first kappa shape index (κ1) is 27.1. The van der Waals surface area contributed by atoms with Crippen molar-refractivity contribution >= 4 is 17.7 Å². The van der Waals surface area contributed by atoms with E-state index in [4.69, 9.17) is 15.2 Å². The smallest absolute Gasteiger partial charge is 0.338 e. The number of pyridine rings is 1. The molecule has 200 valence electrons. The number of benzene rings is 3. The third-order valence-corrected chi connectivity index (χ3v) is 7.94. The molecule has 0 radical (unpaired) electrons. The lowest BCUT2D eigenvalue weighted by molar-refractivity contribution is -0.255. The summed E-state index contributed by atoms with van der Waals surface area (Å²) in [6.07, 6.45) is 0.257. The fraction of sp³-hybridized carbons (Fsp3) is 0.226. The molecule has 8 heteroatoms. The van der Waals surface area contributed by atoms with E-state index in [9.17, 15) is 15.0 Å². The van der Waals surface area contributed by atoms with Gasteiger partial charge in [-0.15, -0.1) is 11.8 Å². The van der Waals surface area contributed by atoms with Gasteiger partial charge in [0.2, 0.25) is 0 Å². The topological polar surface area (TPSA) is 115 Å². The zero-order valence-corrected chi connectivity index (χ0v) is 22.0. The maximum atomic E-state index is 11.8. The number of carboxylic acids is 1. The van der Waals surface area contributed by atoms with Crippen molar-refractivity contribution in [1.82, 2.24) is 4.98 Å². The van der Waals surface area contributed by atoms with Crippen LogP contribution in [0.2, 0.25) is 0 Å². The predicted octanol–water partition coefficient (Wildman–Crippen LogP) is 5.46. The Hall–Kier alpha value is -3.53. The summed E-state index contributed by atoms with van der Waals surface area (Å²) in [4.78, 5) is 16.1. The van der Waals surface area contributed by atoms with Crippen LogP contribution in [0.15, 0.2) is 102 Å². The lowest BCUT2D eigenvalue weighted by Gasteiger charge is -2.43. The van der Waals surface area contributed by atoms with Gasteiger partial charge in [-0.2, -0.15) is 0 Å². The number of rotatable bonds is 9. The molecule has 0 aliphatic carbocycles. The van der Waals surface area contributed by atoms with Gasteiger partial charge >= 0.3 is 5.97 Å². The molecule has 1 fully saturated rings. The zero-order chi connectivity index (χ0) is 27.2. The van der Waals surface area contributed by atoms with Gasteiger partial charge in [-0.25, -0.2) is 9.78 Å². The summed E-state index contributed by atoms with van der Waals surface area (Å²) in [7, 11) is 0. The highest BCUT2D eigenvalue weighted by Crippen LogP contribution is 2.48. The number of nitrogens with zero attached hydrogens (tertiary/aromatic N) is 1. The fourth-order valence-electron chi connectivity index (χ4n) is 4.79. The molecule has 7 nitrogen and oxygen atoms in total. The first-order chi connectivity index (χ1) is 19.1.